The van der Waals surface area contributed by atoms with Gasteiger partial charge in [-0.15, -0.1) is 0 Å². The molecule has 1 saturated heterocycles. The zero-order chi connectivity index (χ0) is 15.0. The largest absolute Gasteiger partial charge is 0.371 e. The third kappa shape index (κ3) is 2.98. The molecule has 0 spiro atoms. The second kappa shape index (κ2) is 5.79. The van der Waals surface area contributed by atoms with Crippen molar-refractivity contribution in [2.24, 2.45) is 13.0 Å². The van der Waals surface area contributed by atoms with E-state index in [-0.39, 0.29) is 18.6 Å². The van der Waals surface area contributed by atoms with Crippen molar-refractivity contribution in [1.29, 1.82) is 0 Å². The topological polar surface area (TPSA) is 47.4 Å². The Morgan fingerprint density at radius 3 is 2.71 bits per heavy atom. The monoisotopic (exact) mass is 291 g/mol. The molecule has 1 amide bonds. The fraction of sp³-hybridized carbons (Fsp3) is 0.750. The van der Waals surface area contributed by atoms with Crippen molar-refractivity contribution in [3.8, 4) is 0 Å². The van der Waals surface area contributed by atoms with Crippen molar-refractivity contribution in [2.45, 2.75) is 45.6 Å². The van der Waals surface area contributed by atoms with E-state index in [0.717, 1.165) is 37.4 Å². The number of hydrogen-bond donors (Lipinski definition) is 0. The first-order valence-corrected chi connectivity index (χ1v) is 7.95. The Morgan fingerprint density at radius 1 is 1.33 bits per heavy atom. The molecular weight excluding hydrogens is 266 g/mol. The maximum Gasteiger partial charge on any atom is 0.249 e. The SMILES string of the molecule is Cc1nn(C)c(C)c1[C@@H]1CCCN1C(=O)COCC1CC1. The van der Waals surface area contributed by atoms with Crippen molar-refractivity contribution < 1.29 is 9.53 Å². The first-order chi connectivity index (χ1) is 10.1. The molecule has 1 aromatic heterocycles. The summed E-state index contributed by atoms with van der Waals surface area (Å²) in [6, 6.07) is 0.177. The minimum absolute atomic E-state index is 0.126. The van der Waals surface area contributed by atoms with Crippen LogP contribution < -0.4 is 0 Å². The molecule has 1 atom stereocenters. The normalized spacial score (nSPS) is 22.0. The summed E-state index contributed by atoms with van der Waals surface area (Å²) in [6.45, 7) is 5.93. The van der Waals surface area contributed by atoms with E-state index in [1.165, 1.54) is 18.4 Å². The molecular formula is C16H25N3O2. The molecule has 1 aromatic rings. The van der Waals surface area contributed by atoms with Crippen molar-refractivity contribution in [3.63, 3.8) is 0 Å². The minimum Gasteiger partial charge on any atom is -0.371 e. The quantitative estimate of drug-likeness (QED) is 0.835. The molecule has 1 aliphatic carbocycles. The van der Waals surface area contributed by atoms with Crippen LogP contribution in [-0.4, -0.2) is 40.3 Å². The highest BCUT2D eigenvalue weighted by Gasteiger charge is 2.33. The zero-order valence-corrected chi connectivity index (χ0v) is 13.3. The number of rotatable bonds is 5. The highest BCUT2D eigenvalue weighted by molar-refractivity contribution is 5.78. The van der Waals surface area contributed by atoms with Gasteiger partial charge in [-0.25, -0.2) is 0 Å². The van der Waals surface area contributed by atoms with Gasteiger partial charge >= 0.3 is 0 Å². The number of carbonyl (C=O) groups excluding carboxylic acids is 1. The molecule has 0 aromatic carbocycles. The Labute approximate surface area is 126 Å². The van der Waals surface area contributed by atoms with Gasteiger partial charge in [-0.3, -0.25) is 9.48 Å². The summed E-state index contributed by atoms with van der Waals surface area (Å²) in [5.74, 6) is 0.829. The third-order valence-corrected chi connectivity index (χ3v) is 4.75. The molecule has 116 valence electrons. The molecule has 2 fully saturated rings. The Morgan fingerprint density at radius 2 is 2.10 bits per heavy atom. The molecule has 5 heteroatoms. The molecule has 21 heavy (non-hydrogen) atoms. The van der Waals surface area contributed by atoms with Crippen LogP contribution in [0.25, 0.3) is 0 Å². The average Bonchev–Trinajstić information content (AvgIpc) is 3.07. The van der Waals surface area contributed by atoms with E-state index in [2.05, 4.69) is 12.0 Å². The summed E-state index contributed by atoms with van der Waals surface area (Å²) in [6.07, 6.45) is 4.61. The summed E-state index contributed by atoms with van der Waals surface area (Å²) in [5, 5.41) is 4.49. The standard InChI is InChI=1S/C16H25N3O2/c1-11-16(12(2)18(3)17-11)14-5-4-8-19(14)15(20)10-21-9-13-6-7-13/h13-14H,4-10H2,1-3H3/t14-/m0/s1. The summed E-state index contributed by atoms with van der Waals surface area (Å²) < 4.78 is 7.48. The highest BCUT2D eigenvalue weighted by atomic mass is 16.5. The molecule has 5 nitrogen and oxygen atoms in total. The van der Waals surface area contributed by atoms with E-state index in [9.17, 15) is 4.79 Å². The van der Waals surface area contributed by atoms with Gasteiger partial charge in [-0.2, -0.15) is 5.10 Å². The van der Waals surface area contributed by atoms with Gasteiger partial charge in [0.2, 0.25) is 5.91 Å². The van der Waals surface area contributed by atoms with E-state index < -0.39 is 0 Å². The molecule has 2 aliphatic rings. The lowest BCUT2D eigenvalue weighted by atomic mass is 10.0. The van der Waals surface area contributed by atoms with E-state index in [0.29, 0.717) is 5.92 Å². The number of amides is 1. The van der Waals surface area contributed by atoms with E-state index in [4.69, 9.17) is 4.74 Å². The van der Waals surface area contributed by atoms with Gasteiger partial charge in [-0.05, 0) is 45.4 Å². The van der Waals surface area contributed by atoms with E-state index in [1.807, 2.05) is 23.6 Å². The molecule has 3 rings (SSSR count). The Balaban J connectivity index is 1.67. The molecule has 0 N–H and O–H groups in total. The fourth-order valence-corrected chi connectivity index (χ4v) is 3.32. The lowest BCUT2D eigenvalue weighted by molar-refractivity contribution is -0.137. The van der Waals surface area contributed by atoms with Crippen LogP contribution in [0.3, 0.4) is 0 Å². The van der Waals surface area contributed by atoms with Crippen LogP contribution >= 0.6 is 0 Å². The average molecular weight is 291 g/mol. The van der Waals surface area contributed by atoms with Crippen LogP contribution in [0.15, 0.2) is 0 Å². The summed E-state index contributed by atoms with van der Waals surface area (Å²) in [5.41, 5.74) is 3.43. The van der Waals surface area contributed by atoms with Crippen molar-refractivity contribution in [3.05, 3.63) is 17.0 Å². The molecule has 0 bridgehead atoms. The number of ether oxygens (including phenoxy) is 1. The van der Waals surface area contributed by atoms with Crippen LogP contribution in [0.1, 0.15) is 48.7 Å². The number of aryl methyl sites for hydroxylation is 2. The minimum atomic E-state index is 0.126. The van der Waals surface area contributed by atoms with Crippen LogP contribution in [0.5, 0.6) is 0 Å². The summed E-state index contributed by atoms with van der Waals surface area (Å²) in [4.78, 5) is 14.4. The maximum absolute atomic E-state index is 12.4. The van der Waals surface area contributed by atoms with Gasteiger partial charge in [0, 0.05) is 24.8 Å². The van der Waals surface area contributed by atoms with Gasteiger partial charge in [-0.1, -0.05) is 0 Å². The predicted octanol–water partition coefficient (Wildman–Crippen LogP) is 2.13. The van der Waals surface area contributed by atoms with Crippen molar-refractivity contribution >= 4 is 5.91 Å². The fourth-order valence-electron chi connectivity index (χ4n) is 3.32. The molecule has 1 aliphatic heterocycles. The highest BCUT2D eigenvalue weighted by Crippen LogP contribution is 2.35. The van der Waals surface area contributed by atoms with Gasteiger partial charge in [0.15, 0.2) is 0 Å². The van der Waals surface area contributed by atoms with Crippen LogP contribution in [0.2, 0.25) is 0 Å². The van der Waals surface area contributed by atoms with Gasteiger partial charge in [0.25, 0.3) is 0 Å². The predicted molar refractivity (Wildman–Crippen MR) is 79.9 cm³/mol. The van der Waals surface area contributed by atoms with Gasteiger partial charge in [0.1, 0.15) is 6.61 Å². The first kappa shape index (κ1) is 14.6. The second-order valence-corrected chi connectivity index (χ2v) is 6.41. The summed E-state index contributed by atoms with van der Waals surface area (Å²) >= 11 is 0. The number of nitrogens with zero attached hydrogens (tertiary/aromatic N) is 3. The van der Waals surface area contributed by atoms with Crippen LogP contribution in [-0.2, 0) is 16.6 Å². The first-order valence-electron chi connectivity index (χ1n) is 7.95. The number of aromatic nitrogens is 2. The molecule has 2 heterocycles. The van der Waals surface area contributed by atoms with Crippen molar-refractivity contribution in [1.82, 2.24) is 14.7 Å². The van der Waals surface area contributed by atoms with Crippen LogP contribution in [0, 0.1) is 19.8 Å². The van der Waals surface area contributed by atoms with Gasteiger partial charge in [0.05, 0.1) is 18.3 Å². The number of carbonyl (C=O) groups is 1. The lowest BCUT2D eigenvalue weighted by Gasteiger charge is -2.25. The lowest BCUT2D eigenvalue weighted by Crippen LogP contribution is -2.34. The number of hydrogen-bond acceptors (Lipinski definition) is 3. The Bertz CT molecular complexity index is 534. The van der Waals surface area contributed by atoms with E-state index in [1.54, 1.807) is 0 Å². The summed E-state index contributed by atoms with van der Waals surface area (Å²) in [7, 11) is 1.96. The second-order valence-electron chi connectivity index (χ2n) is 6.41. The molecule has 1 saturated carbocycles. The van der Waals surface area contributed by atoms with E-state index >= 15 is 0 Å². The Kier molecular flexibility index (Phi) is 4.02. The van der Waals surface area contributed by atoms with Crippen molar-refractivity contribution in [2.75, 3.05) is 19.8 Å². The maximum atomic E-state index is 12.4. The smallest absolute Gasteiger partial charge is 0.249 e. The zero-order valence-electron chi connectivity index (χ0n) is 13.3. The van der Waals surface area contributed by atoms with Crippen LogP contribution in [0.4, 0.5) is 0 Å². The molecule has 0 radical (unpaired) electrons. The third-order valence-electron chi connectivity index (χ3n) is 4.75. The molecule has 0 unspecified atom stereocenters. The Hall–Kier alpha value is -1.36. The number of likely N-dealkylation sites (tertiary alicyclic amines) is 1. The van der Waals surface area contributed by atoms with Gasteiger partial charge < -0.3 is 9.64 Å².